The number of rotatable bonds is 6. The summed E-state index contributed by atoms with van der Waals surface area (Å²) in [6, 6.07) is 0. The second-order valence-electron chi connectivity index (χ2n) is 2.80. The highest BCUT2D eigenvalue weighted by Gasteiger charge is 1.98. The van der Waals surface area contributed by atoms with Gasteiger partial charge in [0.05, 0.1) is 0 Å². The van der Waals surface area contributed by atoms with Gasteiger partial charge in [-0.25, -0.2) is 0 Å². The fourth-order valence-corrected chi connectivity index (χ4v) is 0.844. The van der Waals surface area contributed by atoms with Gasteiger partial charge in [-0.05, 0) is 6.42 Å². The SMILES string of the molecule is CCCC(=O)NCCNC(=O)CC. The lowest BCUT2D eigenvalue weighted by molar-refractivity contribution is -0.122. The van der Waals surface area contributed by atoms with E-state index in [0.717, 1.165) is 6.42 Å². The van der Waals surface area contributed by atoms with Gasteiger partial charge in [0.2, 0.25) is 11.8 Å². The highest BCUT2D eigenvalue weighted by Crippen LogP contribution is 1.84. The van der Waals surface area contributed by atoms with Gasteiger partial charge < -0.3 is 10.6 Å². The van der Waals surface area contributed by atoms with Crippen LogP contribution in [-0.2, 0) is 9.59 Å². The normalized spacial score (nSPS) is 9.38. The van der Waals surface area contributed by atoms with Crippen LogP contribution in [0.25, 0.3) is 0 Å². The van der Waals surface area contributed by atoms with Crippen LogP contribution in [0.5, 0.6) is 0 Å². The Kier molecular flexibility index (Phi) is 6.96. The molecule has 0 aromatic heterocycles. The molecule has 4 heteroatoms. The molecule has 0 heterocycles. The van der Waals surface area contributed by atoms with E-state index in [1.165, 1.54) is 0 Å². The number of nitrogens with one attached hydrogen (secondary N) is 2. The number of hydrogen-bond acceptors (Lipinski definition) is 2. The highest BCUT2D eigenvalue weighted by molar-refractivity contribution is 5.76. The summed E-state index contributed by atoms with van der Waals surface area (Å²) in [4.78, 5) is 21.7. The molecule has 2 N–H and O–H groups in total. The average molecular weight is 186 g/mol. The summed E-state index contributed by atoms with van der Waals surface area (Å²) >= 11 is 0. The van der Waals surface area contributed by atoms with Crippen molar-refractivity contribution in [1.29, 1.82) is 0 Å². The van der Waals surface area contributed by atoms with Crippen molar-refractivity contribution in [1.82, 2.24) is 10.6 Å². The molecule has 0 bridgehead atoms. The molecule has 0 saturated heterocycles. The molecule has 0 saturated carbocycles. The van der Waals surface area contributed by atoms with Crippen molar-refractivity contribution in [3.8, 4) is 0 Å². The van der Waals surface area contributed by atoms with Crippen LogP contribution in [0.3, 0.4) is 0 Å². The Labute approximate surface area is 79.1 Å². The first-order valence-corrected chi connectivity index (χ1v) is 4.74. The Morgan fingerprint density at radius 3 is 2.00 bits per heavy atom. The smallest absolute Gasteiger partial charge is 0.220 e. The largest absolute Gasteiger partial charge is 0.354 e. The van der Waals surface area contributed by atoms with E-state index in [0.29, 0.717) is 25.9 Å². The summed E-state index contributed by atoms with van der Waals surface area (Å²) < 4.78 is 0. The third kappa shape index (κ3) is 7.31. The Balaban J connectivity index is 3.25. The van der Waals surface area contributed by atoms with Crippen LogP contribution in [-0.4, -0.2) is 24.9 Å². The van der Waals surface area contributed by atoms with E-state index < -0.39 is 0 Å². The predicted molar refractivity (Wildman–Crippen MR) is 51.2 cm³/mol. The van der Waals surface area contributed by atoms with Crippen LogP contribution in [0.1, 0.15) is 33.1 Å². The summed E-state index contributed by atoms with van der Waals surface area (Å²) in [7, 11) is 0. The van der Waals surface area contributed by atoms with Gasteiger partial charge >= 0.3 is 0 Å². The number of carbonyl (C=O) groups excluding carboxylic acids is 2. The molecule has 4 nitrogen and oxygen atoms in total. The van der Waals surface area contributed by atoms with Gasteiger partial charge in [-0.15, -0.1) is 0 Å². The van der Waals surface area contributed by atoms with Crippen molar-refractivity contribution in [2.45, 2.75) is 33.1 Å². The van der Waals surface area contributed by atoms with Crippen LogP contribution in [0.4, 0.5) is 0 Å². The van der Waals surface area contributed by atoms with Crippen molar-refractivity contribution in [2.24, 2.45) is 0 Å². The summed E-state index contributed by atoms with van der Waals surface area (Å²) in [5, 5.41) is 5.39. The Bertz CT molecular complexity index is 169. The summed E-state index contributed by atoms with van der Waals surface area (Å²) in [6.45, 7) is 4.79. The molecular formula is C9H18N2O2. The fourth-order valence-electron chi connectivity index (χ4n) is 0.844. The van der Waals surface area contributed by atoms with E-state index in [1.54, 1.807) is 6.92 Å². The predicted octanol–water partition coefficient (Wildman–Crippen LogP) is 0.429. The van der Waals surface area contributed by atoms with Crippen molar-refractivity contribution >= 4 is 11.8 Å². The first-order chi connectivity index (χ1) is 6.20. The van der Waals surface area contributed by atoms with Gasteiger partial charge in [0, 0.05) is 25.9 Å². The third-order valence-electron chi connectivity index (χ3n) is 1.57. The van der Waals surface area contributed by atoms with Gasteiger partial charge in [-0.2, -0.15) is 0 Å². The monoisotopic (exact) mass is 186 g/mol. The molecular weight excluding hydrogens is 168 g/mol. The van der Waals surface area contributed by atoms with E-state index in [2.05, 4.69) is 10.6 Å². The maximum atomic E-state index is 10.9. The molecule has 0 aliphatic heterocycles. The van der Waals surface area contributed by atoms with Crippen molar-refractivity contribution in [3.05, 3.63) is 0 Å². The molecule has 0 spiro atoms. The minimum Gasteiger partial charge on any atom is -0.354 e. The molecule has 76 valence electrons. The Morgan fingerprint density at radius 2 is 1.54 bits per heavy atom. The minimum atomic E-state index is 0.0183. The van der Waals surface area contributed by atoms with Gasteiger partial charge in [0.15, 0.2) is 0 Å². The topological polar surface area (TPSA) is 58.2 Å². The lowest BCUT2D eigenvalue weighted by Gasteiger charge is -2.04. The van der Waals surface area contributed by atoms with Gasteiger partial charge in [0.1, 0.15) is 0 Å². The van der Waals surface area contributed by atoms with Crippen LogP contribution in [0, 0.1) is 0 Å². The Morgan fingerprint density at radius 1 is 1.00 bits per heavy atom. The first kappa shape index (κ1) is 11.9. The molecule has 0 atom stereocenters. The third-order valence-corrected chi connectivity index (χ3v) is 1.57. The molecule has 0 radical (unpaired) electrons. The molecule has 0 aliphatic carbocycles. The van der Waals surface area contributed by atoms with Gasteiger partial charge in [-0.1, -0.05) is 13.8 Å². The fraction of sp³-hybridized carbons (Fsp3) is 0.778. The number of carbonyl (C=O) groups is 2. The summed E-state index contributed by atoms with van der Waals surface area (Å²) in [6.07, 6.45) is 1.90. The quantitative estimate of drug-likeness (QED) is 0.591. The van der Waals surface area contributed by atoms with Crippen LogP contribution < -0.4 is 10.6 Å². The standard InChI is InChI=1S/C9H18N2O2/c1-3-5-9(13)11-7-6-10-8(12)4-2/h3-7H2,1-2H3,(H,10,12)(H,11,13). The second-order valence-corrected chi connectivity index (χ2v) is 2.80. The van der Waals surface area contributed by atoms with E-state index >= 15 is 0 Å². The van der Waals surface area contributed by atoms with E-state index in [1.807, 2.05) is 6.92 Å². The van der Waals surface area contributed by atoms with Crippen molar-refractivity contribution < 1.29 is 9.59 Å². The van der Waals surface area contributed by atoms with E-state index in [-0.39, 0.29) is 11.8 Å². The van der Waals surface area contributed by atoms with Crippen molar-refractivity contribution in [2.75, 3.05) is 13.1 Å². The zero-order chi connectivity index (χ0) is 10.1. The maximum Gasteiger partial charge on any atom is 0.220 e. The Hall–Kier alpha value is -1.06. The molecule has 13 heavy (non-hydrogen) atoms. The zero-order valence-corrected chi connectivity index (χ0v) is 8.35. The molecule has 0 rings (SSSR count). The average Bonchev–Trinajstić information content (AvgIpc) is 2.12. The molecule has 2 amide bonds. The number of hydrogen-bond donors (Lipinski definition) is 2. The minimum absolute atomic E-state index is 0.0183. The zero-order valence-electron chi connectivity index (χ0n) is 8.35. The van der Waals surface area contributed by atoms with Crippen LogP contribution >= 0.6 is 0 Å². The van der Waals surface area contributed by atoms with Crippen LogP contribution in [0.15, 0.2) is 0 Å². The second kappa shape index (κ2) is 7.58. The molecule has 0 aromatic rings. The van der Waals surface area contributed by atoms with Gasteiger partial charge in [0.25, 0.3) is 0 Å². The summed E-state index contributed by atoms with van der Waals surface area (Å²) in [5.41, 5.74) is 0. The lowest BCUT2D eigenvalue weighted by Crippen LogP contribution is -2.34. The first-order valence-electron chi connectivity index (χ1n) is 4.74. The van der Waals surface area contributed by atoms with Crippen LogP contribution in [0.2, 0.25) is 0 Å². The molecule has 0 unspecified atom stereocenters. The molecule has 0 fully saturated rings. The maximum absolute atomic E-state index is 10.9. The van der Waals surface area contributed by atoms with E-state index in [9.17, 15) is 9.59 Å². The lowest BCUT2D eigenvalue weighted by atomic mass is 10.3. The molecule has 0 aromatic carbocycles. The van der Waals surface area contributed by atoms with E-state index in [4.69, 9.17) is 0 Å². The molecule has 0 aliphatic rings. The van der Waals surface area contributed by atoms with Gasteiger partial charge in [-0.3, -0.25) is 9.59 Å². The van der Waals surface area contributed by atoms with Crippen molar-refractivity contribution in [3.63, 3.8) is 0 Å². The number of amides is 2. The highest BCUT2D eigenvalue weighted by atomic mass is 16.2. The summed E-state index contributed by atoms with van der Waals surface area (Å²) in [5.74, 6) is 0.0676.